The summed E-state index contributed by atoms with van der Waals surface area (Å²) < 4.78 is 32.9. The summed E-state index contributed by atoms with van der Waals surface area (Å²) in [5.41, 5.74) is -0.0140. The van der Waals surface area contributed by atoms with E-state index in [0.29, 0.717) is 5.56 Å². The first kappa shape index (κ1) is 25.0. The van der Waals surface area contributed by atoms with Crippen molar-refractivity contribution in [3.05, 3.63) is 51.7 Å². The Morgan fingerprint density at radius 1 is 1.16 bits per heavy atom. The molecule has 1 aromatic heterocycles. The number of thiophene rings is 1. The van der Waals surface area contributed by atoms with E-state index in [2.05, 4.69) is 10.0 Å². The van der Waals surface area contributed by atoms with Gasteiger partial charge in [0.1, 0.15) is 0 Å². The molecule has 2 rings (SSSR count). The van der Waals surface area contributed by atoms with Crippen molar-refractivity contribution < 1.29 is 22.7 Å². The van der Waals surface area contributed by atoms with E-state index in [4.69, 9.17) is 4.74 Å². The molecule has 9 heteroatoms. The SMILES string of the molecule is Cc1ccc(S(=O)(=O)NC(C)(C)C)cc1C(=O)OCC(=O)NC(c1cccs1)C(C)C. The van der Waals surface area contributed by atoms with Crippen LogP contribution in [0.15, 0.2) is 40.6 Å². The summed E-state index contributed by atoms with van der Waals surface area (Å²) in [5, 5.41) is 4.83. The molecule has 0 radical (unpaired) electrons. The van der Waals surface area contributed by atoms with Gasteiger partial charge in [0.05, 0.1) is 16.5 Å². The Morgan fingerprint density at radius 2 is 1.84 bits per heavy atom. The van der Waals surface area contributed by atoms with Crippen molar-refractivity contribution >= 4 is 33.2 Å². The fourth-order valence-corrected chi connectivity index (χ4v) is 5.30. The fourth-order valence-electron chi connectivity index (χ4n) is 2.91. The predicted molar refractivity (Wildman–Crippen MR) is 122 cm³/mol. The van der Waals surface area contributed by atoms with E-state index in [1.165, 1.54) is 12.1 Å². The second-order valence-corrected chi connectivity index (χ2v) is 11.4. The summed E-state index contributed by atoms with van der Waals surface area (Å²) in [4.78, 5) is 25.9. The van der Waals surface area contributed by atoms with Gasteiger partial charge in [-0.1, -0.05) is 26.0 Å². The molecule has 170 valence electrons. The van der Waals surface area contributed by atoms with Gasteiger partial charge in [0.25, 0.3) is 5.91 Å². The number of nitrogens with one attached hydrogen (secondary N) is 2. The second-order valence-electron chi connectivity index (χ2n) is 8.71. The summed E-state index contributed by atoms with van der Waals surface area (Å²) in [6, 6.07) is 7.93. The maximum atomic E-state index is 12.6. The Balaban J connectivity index is 2.09. The van der Waals surface area contributed by atoms with Crippen LogP contribution in [0.1, 0.15) is 61.5 Å². The summed E-state index contributed by atoms with van der Waals surface area (Å²) in [6.07, 6.45) is 0. The van der Waals surface area contributed by atoms with Gasteiger partial charge in [0.15, 0.2) is 6.61 Å². The molecule has 1 amide bonds. The zero-order valence-corrected chi connectivity index (χ0v) is 20.3. The van der Waals surface area contributed by atoms with Gasteiger partial charge in [0, 0.05) is 10.4 Å². The molecule has 1 unspecified atom stereocenters. The Hall–Kier alpha value is -2.23. The van der Waals surface area contributed by atoms with Crippen LogP contribution in [0, 0.1) is 12.8 Å². The van der Waals surface area contributed by atoms with Crippen LogP contribution in [-0.4, -0.2) is 32.4 Å². The van der Waals surface area contributed by atoms with E-state index in [1.54, 1.807) is 45.1 Å². The van der Waals surface area contributed by atoms with Crippen molar-refractivity contribution in [2.45, 2.75) is 58.0 Å². The number of rotatable bonds is 8. The number of benzene rings is 1. The molecule has 1 atom stereocenters. The van der Waals surface area contributed by atoms with Gasteiger partial charge in [-0.25, -0.2) is 17.9 Å². The first-order valence-corrected chi connectivity index (χ1v) is 12.3. The Kier molecular flexibility index (Phi) is 8.02. The molecule has 1 aromatic carbocycles. The van der Waals surface area contributed by atoms with Crippen molar-refractivity contribution in [2.24, 2.45) is 5.92 Å². The van der Waals surface area contributed by atoms with Crippen LogP contribution in [0.5, 0.6) is 0 Å². The maximum Gasteiger partial charge on any atom is 0.338 e. The molecule has 0 aliphatic carbocycles. The number of amides is 1. The molecule has 0 fully saturated rings. The lowest BCUT2D eigenvalue weighted by Gasteiger charge is -2.21. The number of ether oxygens (including phenoxy) is 1. The molecule has 0 spiro atoms. The first-order chi connectivity index (χ1) is 14.3. The molecule has 1 heterocycles. The topological polar surface area (TPSA) is 102 Å². The van der Waals surface area contributed by atoms with E-state index < -0.39 is 34.0 Å². The van der Waals surface area contributed by atoms with Crippen LogP contribution < -0.4 is 10.0 Å². The molecular formula is C22H30N2O5S2. The normalized spacial score (nSPS) is 13.1. The highest BCUT2D eigenvalue weighted by molar-refractivity contribution is 7.89. The van der Waals surface area contributed by atoms with Crippen LogP contribution in [-0.2, 0) is 19.6 Å². The minimum atomic E-state index is -3.81. The van der Waals surface area contributed by atoms with Crippen molar-refractivity contribution in [3.63, 3.8) is 0 Å². The summed E-state index contributed by atoms with van der Waals surface area (Å²) >= 11 is 1.55. The number of carbonyl (C=O) groups excluding carboxylic acids is 2. The van der Waals surface area contributed by atoms with Gasteiger partial charge < -0.3 is 10.1 Å². The lowest BCUT2D eigenvalue weighted by molar-refractivity contribution is -0.125. The third-order valence-corrected chi connectivity index (χ3v) is 7.06. The van der Waals surface area contributed by atoms with Gasteiger partial charge in [-0.3, -0.25) is 4.79 Å². The van der Waals surface area contributed by atoms with Crippen molar-refractivity contribution in [3.8, 4) is 0 Å². The molecule has 2 N–H and O–H groups in total. The van der Waals surface area contributed by atoms with E-state index in [0.717, 1.165) is 4.88 Å². The monoisotopic (exact) mass is 466 g/mol. The molecule has 7 nitrogen and oxygen atoms in total. The minimum absolute atomic E-state index is 0.0398. The fraction of sp³-hybridized carbons (Fsp3) is 0.455. The Labute approximate surface area is 188 Å². The summed E-state index contributed by atoms with van der Waals surface area (Å²) in [5.74, 6) is -1.01. The second kappa shape index (κ2) is 9.93. The zero-order valence-electron chi connectivity index (χ0n) is 18.7. The van der Waals surface area contributed by atoms with Gasteiger partial charge in [-0.05, 0) is 62.8 Å². The zero-order chi connectivity index (χ0) is 23.4. The number of hydrogen-bond donors (Lipinski definition) is 2. The van der Waals surface area contributed by atoms with Crippen LogP contribution in [0.25, 0.3) is 0 Å². The number of sulfonamides is 1. The molecular weight excluding hydrogens is 436 g/mol. The van der Waals surface area contributed by atoms with Crippen molar-refractivity contribution in [2.75, 3.05) is 6.61 Å². The molecule has 2 aromatic rings. The van der Waals surface area contributed by atoms with Crippen LogP contribution in [0.4, 0.5) is 0 Å². The van der Waals surface area contributed by atoms with Crippen LogP contribution in [0.2, 0.25) is 0 Å². The Bertz CT molecular complexity index is 1020. The maximum absolute atomic E-state index is 12.6. The highest BCUT2D eigenvalue weighted by Gasteiger charge is 2.25. The molecule has 0 saturated carbocycles. The first-order valence-electron chi connectivity index (χ1n) is 9.94. The molecule has 0 bridgehead atoms. The Morgan fingerprint density at radius 3 is 2.39 bits per heavy atom. The summed E-state index contributed by atoms with van der Waals surface area (Å²) in [6.45, 7) is 10.4. The van der Waals surface area contributed by atoms with Gasteiger partial charge in [0.2, 0.25) is 10.0 Å². The van der Waals surface area contributed by atoms with Crippen LogP contribution >= 0.6 is 11.3 Å². The number of aryl methyl sites for hydroxylation is 1. The van der Waals surface area contributed by atoms with Gasteiger partial charge >= 0.3 is 5.97 Å². The minimum Gasteiger partial charge on any atom is -0.452 e. The molecule has 31 heavy (non-hydrogen) atoms. The molecule has 0 aliphatic heterocycles. The number of carbonyl (C=O) groups is 2. The van der Waals surface area contributed by atoms with Crippen molar-refractivity contribution in [1.29, 1.82) is 0 Å². The van der Waals surface area contributed by atoms with E-state index >= 15 is 0 Å². The predicted octanol–water partition coefficient (Wildman–Crippen LogP) is 3.80. The average molecular weight is 467 g/mol. The highest BCUT2D eigenvalue weighted by Crippen LogP contribution is 2.25. The summed E-state index contributed by atoms with van der Waals surface area (Å²) in [7, 11) is -3.81. The van der Waals surface area contributed by atoms with Crippen molar-refractivity contribution in [1.82, 2.24) is 10.0 Å². The van der Waals surface area contributed by atoms with E-state index in [-0.39, 0.29) is 22.4 Å². The largest absolute Gasteiger partial charge is 0.452 e. The standard InChI is InChI=1S/C22H30N2O5S2/c1-14(2)20(18-8-7-11-30-18)23-19(25)13-29-21(26)17-12-16(10-9-15(17)3)31(27,28)24-22(4,5)6/h7-12,14,20,24H,13H2,1-6H3,(H,23,25). The quantitative estimate of drug-likeness (QED) is 0.576. The number of esters is 1. The van der Waals surface area contributed by atoms with E-state index in [9.17, 15) is 18.0 Å². The third kappa shape index (κ3) is 7.15. The third-order valence-electron chi connectivity index (χ3n) is 4.35. The van der Waals surface area contributed by atoms with Gasteiger partial charge in [-0.2, -0.15) is 0 Å². The van der Waals surface area contributed by atoms with E-state index in [1.807, 2.05) is 31.4 Å². The molecule has 0 aliphatic rings. The lowest BCUT2D eigenvalue weighted by Crippen LogP contribution is -2.40. The van der Waals surface area contributed by atoms with Crippen LogP contribution in [0.3, 0.4) is 0 Å². The smallest absolute Gasteiger partial charge is 0.338 e. The highest BCUT2D eigenvalue weighted by atomic mass is 32.2. The van der Waals surface area contributed by atoms with Gasteiger partial charge in [-0.15, -0.1) is 11.3 Å². The number of hydrogen-bond acceptors (Lipinski definition) is 6. The average Bonchev–Trinajstić information content (AvgIpc) is 3.16. The lowest BCUT2D eigenvalue weighted by atomic mass is 10.0. The molecule has 0 saturated heterocycles.